The molecule has 0 aliphatic carbocycles. The molecule has 3 aromatic rings. The van der Waals surface area contributed by atoms with E-state index in [-0.39, 0.29) is 17.9 Å². The van der Waals surface area contributed by atoms with Gasteiger partial charge in [0, 0.05) is 5.56 Å². The van der Waals surface area contributed by atoms with Gasteiger partial charge in [-0.2, -0.15) is 5.10 Å². The van der Waals surface area contributed by atoms with E-state index >= 15 is 0 Å². The number of fused-ring (bicyclic) bond motifs is 1. The van der Waals surface area contributed by atoms with Crippen LogP contribution in [0.25, 0.3) is 5.69 Å². The molecule has 2 heterocycles. The number of carbonyl (C=O) groups is 1. The maximum Gasteiger partial charge on any atom is 0.272 e. The molecular weight excluding hydrogens is 322 g/mol. The molecule has 1 amide bonds. The van der Waals surface area contributed by atoms with Crippen LogP contribution < -0.4 is 5.32 Å². The first kappa shape index (κ1) is 16.6. The molecule has 1 atom stereocenters. The number of amides is 1. The van der Waals surface area contributed by atoms with Crippen molar-refractivity contribution in [3.8, 4) is 5.69 Å². The molecule has 0 saturated carbocycles. The third kappa shape index (κ3) is 2.53. The molecule has 4 nitrogen and oxygen atoms in total. The summed E-state index contributed by atoms with van der Waals surface area (Å²) in [5, 5.41) is 7.86. The zero-order valence-electron chi connectivity index (χ0n) is 15.4. The van der Waals surface area contributed by atoms with Gasteiger partial charge in [-0.15, -0.1) is 0 Å². The van der Waals surface area contributed by atoms with Crippen molar-refractivity contribution in [1.29, 1.82) is 0 Å². The number of para-hydroxylation sites is 1. The topological polar surface area (TPSA) is 46.9 Å². The Hall–Kier alpha value is -2.88. The Morgan fingerprint density at radius 3 is 2.46 bits per heavy atom. The van der Waals surface area contributed by atoms with Gasteiger partial charge in [0.05, 0.1) is 17.4 Å². The Balaban J connectivity index is 1.95. The molecule has 0 radical (unpaired) electrons. The molecule has 1 N–H and O–H groups in total. The first-order chi connectivity index (χ1) is 12.6. The average Bonchev–Trinajstić information content (AvgIpc) is 3.20. The summed E-state index contributed by atoms with van der Waals surface area (Å²) in [7, 11) is 0. The zero-order valence-corrected chi connectivity index (χ0v) is 15.4. The summed E-state index contributed by atoms with van der Waals surface area (Å²) in [6.45, 7) is 6.46. The van der Waals surface area contributed by atoms with Crippen molar-refractivity contribution in [2.75, 3.05) is 0 Å². The van der Waals surface area contributed by atoms with Gasteiger partial charge in [-0.25, -0.2) is 4.68 Å². The highest BCUT2D eigenvalue weighted by molar-refractivity contribution is 5.98. The molecular formula is C22H23N3O. The summed E-state index contributed by atoms with van der Waals surface area (Å²) >= 11 is 0. The lowest BCUT2D eigenvalue weighted by molar-refractivity contribution is 0.0955. The number of rotatable bonds is 4. The van der Waals surface area contributed by atoms with Crippen molar-refractivity contribution in [2.24, 2.45) is 0 Å². The van der Waals surface area contributed by atoms with Crippen LogP contribution in [0.15, 0.2) is 54.6 Å². The Morgan fingerprint density at radius 2 is 1.77 bits per heavy atom. The molecule has 2 aromatic carbocycles. The second-order valence-electron chi connectivity index (χ2n) is 7.01. The van der Waals surface area contributed by atoms with Gasteiger partial charge in [0.2, 0.25) is 0 Å². The highest BCUT2D eigenvalue weighted by Gasteiger charge is 2.38. The first-order valence-electron chi connectivity index (χ1n) is 9.18. The van der Waals surface area contributed by atoms with E-state index in [0.717, 1.165) is 28.9 Å². The molecule has 132 valence electrons. The van der Waals surface area contributed by atoms with E-state index in [9.17, 15) is 4.79 Å². The minimum atomic E-state index is -0.140. The number of carbonyl (C=O) groups excluding carboxylic acids is 1. The molecule has 26 heavy (non-hydrogen) atoms. The van der Waals surface area contributed by atoms with E-state index in [4.69, 9.17) is 5.10 Å². The molecule has 1 aromatic heterocycles. The number of aryl methyl sites for hydroxylation is 1. The Morgan fingerprint density at radius 1 is 1.08 bits per heavy atom. The summed E-state index contributed by atoms with van der Waals surface area (Å²) in [6.07, 6.45) is 0.923. The summed E-state index contributed by atoms with van der Waals surface area (Å²) < 4.78 is 1.99. The van der Waals surface area contributed by atoms with Gasteiger partial charge in [-0.05, 0) is 29.5 Å². The highest BCUT2D eigenvalue weighted by atomic mass is 16.2. The van der Waals surface area contributed by atoms with E-state index in [2.05, 4.69) is 50.4 Å². The fourth-order valence-corrected chi connectivity index (χ4v) is 3.82. The van der Waals surface area contributed by atoms with Crippen molar-refractivity contribution in [2.45, 2.75) is 39.2 Å². The van der Waals surface area contributed by atoms with Crippen LogP contribution in [0, 0.1) is 0 Å². The molecule has 4 heteroatoms. The maximum atomic E-state index is 12.6. The number of nitrogens with one attached hydrogen (secondary N) is 1. The summed E-state index contributed by atoms with van der Waals surface area (Å²) in [4.78, 5) is 12.6. The van der Waals surface area contributed by atoms with Crippen molar-refractivity contribution >= 4 is 5.91 Å². The molecule has 0 saturated heterocycles. The van der Waals surface area contributed by atoms with Crippen LogP contribution in [0.4, 0.5) is 0 Å². The number of hydrogen-bond donors (Lipinski definition) is 1. The lowest BCUT2D eigenvalue weighted by atomic mass is 9.95. The monoisotopic (exact) mass is 345 g/mol. The second-order valence-corrected chi connectivity index (χ2v) is 7.01. The number of hydrogen-bond acceptors (Lipinski definition) is 2. The lowest BCUT2D eigenvalue weighted by Gasteiger charge is -2.19. The molecule has 1 aliphatic rings. The van der Waals surface area contributed by atoms with Crippen LogP contribution in [0.1, 0.15) is 65.6 Å². The van der Waals surface area contributed by atoms with Crippen molar-refractivity contribution in [1.82, 2.24) is 15.1 Å². The van der Waals surface area contributed by atoms with E-state index in [1.54, 1.807) is 0 Å². The predicted octanol–water partition coefficient (Wildman–Crippen LogP) is 4.39. The fourth-order valence-electron chi connectivity index (χ4n) is 3.82. The minimum Gasteiger partial charge on any atom is -0.340 e. The molecule has 0 spiro atoms. The van der Waals surface area contributed by atoms with Gasteiger partial charge in [-0.3, -0.25) is 4.79 Å². The lowest BCUT2D eigenvalue weighted by Crippen LogP contribution is -2.23. The van der Waals surface area contributed by atoms with Crippen LogP contribution in [0.5, 0.6) is 0 Å². The third-order valence-electron chi connectivity index (χ3n) is 5.02. The smallest absolute Gasteiger partial charge is 0.272 e. The number of benzene rings is 2. The van der Waals surface area contributed by atoms with Crippen LogP contribution in [-0.2, 0) is 6.42 Å². The van der Waals surface area contributed by atoms with E-state index in [1.807, 2.05) is 35.0 Å². The van der Waals surface area contributed by atoms with Crippen LogP contribution >= 0.6 is 0 Å². The first-order valence-corrected chi connectivity index (χ1v) is 9.18. The van der Waals surface area contributed by atoms with Crippen LogP contribution in [-0.4, -0.2) is 15.7 Å². The Kier molecular flexibility index (Phi) is 4.11. The Bertz CT molecular complexity index is 957. The summed E-state index contributed by atoms with van der Waals surface area (Å²) in [6, 6.07) is 18.3. The number of aromatic nitrogens is 2. The van der Waals surface area contributed by atoms with E-state index in [1.165, 1.54) is 5.56 Å². The molecule has 1 unspecified atom stereocenters. The molecule has 0 bridgehead atoms. The quantitative estimate of drug-likeness (QED) is 0.762. The predicted molar refractivity (Wildman–Crippen MR) is 103 cm³/mol. The van der Waals surface area contributed by atoms with E-state index in [0.29, 0.717) is 5.69 Å². The van der Waals surface area contributed by atoms with Gasteiger partial charge < -0.3 is 5.32 Å². The number of nitrogens with zero attached hydrogens (tertiary/aromatic N) is 2. The Labute approximate surface area is 153 Å². The zero-order chi connectivity index (χ0) is 18.3. The largest absolute Gasteiger partial charge is 0.340 e. The van der Waals surface area contributed by atoms with Gasteiger partial charge >= 0.3 is 0 Å². The summed E-state index contributed by atoms with van der Waals surface area (Å²) in [5.41, 5.74) is 6.05. The van der Waals surface area contributed by atoms with Gasteiger partial charge in [0.25, 0.3) is 5.91 Å². The molecule has 4 rings (SSSR count). The van der Waals surface area contributed by atoms with Gasteiger partial charge in [0.15, 0.2) is 5.69 Å². The van der Waals surface area contributed by atoms with Gasteiger partial charge in [0.1, 0.15) is 0 Å². The van der Waals surface area contributed by atoms with Gasteiger partial charge in [-0.1, -0.05) is 69.3 Å². The second kappa shape index (κ2) is 6.45. The minimum absolute atomic E-state index is 0.0940. The maximum absolute atomic E-state index is 12.6. The van der Waals surface area contributed by atoms with Crippen molar-refractivity contribution in [3.05, 3.63) is 82.7 Å². The average molecular weight is 345 g/mol. The molecule has 1 aliphatic heterocycles. The SMILES string of the molecule is CCc1ccccc1-n1nc2c(c1C(C)C)C(c1ccccc1)NC2=O. The summed E-state index contributed by atoms with van der Waals surface area (Å²) in [5.74, 6) is 0.151. The van der Waals surface area contributed by atoms with Crippen molar-refractivity contribution < 1.29 is 4.79 Å². The van der Waals surface area contributed by atoms with Crippen LogP contribution in [0.3, 0.4) is 0 Å². The molecule has 0 fully saturated rings. The fraction of sp³-hybridized carbons (Fsp3) is 0.273. The third-order valence-corrected chi connectivity index (χ3v) is 5.02. The van der Waals surface area contributed by atoms with E-state index < -0.39 is 0 Å². The van der Waals surface area contributed by atoms with Crippen LogP contribution in [0.2, 0.25) is 0 Å². The standard InChI is InChI=1S/C22H23N3O/c1-4-15-10-8-9-13-17(15)25-21(14(2)3)18-19(16-11-6-5-7-12-16)23-22(26)20(18)24-25/h5-14,19H,4H2,1-3H3,(H,23,26). The van der Waals surface area contributed by atoms with Crippen molar-refractivity contribution in [3.63, 3.8) is 0 Å². The normalized spacial score (nSPS) is 16.0. The highest BCUT2D eigenvalue weighted by Crippen LogP contribution is 2.38.